The summed E-state index contributed by atoms with van der Waals surface area (Å²) in [6, 6.07) is 3.74. The Kier molecular flexibility index (Phi) is 3.79. The van der Waals surface area contributed by atoms with E-state index in [0.29, 0.717) is 5.02 Å². The zero-order valence-electron chi connectivity index (χ0n) is 9.46. The summed E-state index contributed by atoms with van der Waals surface area (Å²) in [5.74, 6) is -0.785. The lowest BCUT2D eigenvalue weighted by atomic mass is 9.80. The van der Waals surface area contributed by atoms with Gasteiger partial charge < -0.3 is 5.73 Å². The molecule has 4 heteroatoms. The summed E-state index contributed by atoms with van der Waals surface area (Å²) in [6.45, 7) is 0. The molecule has 0 spiro atoms. The van der Waals surface area contributed by atoms with Crippen molar-refractivity contribution in [2.75, 3.05) is 0 Å². The SMILES string of the molecule is NC1CCCCC1C(=O)c1cc(F)ccc1Cl. The second kappa shape index (κ2) is 5.15. The molecule has 0 radical (unpaired) electrons. The first-order valence-corrected chi connectivity index (χ1v) is 6.22. The average Bonchev–Trinajstić information content (AvgIpc) is 2.32. The van der Waals surface area contributed by atoms with Gasteiger partial charge in [0.1, 0.15) is 5.82 Å². The van der Waals surface area contributed by atoms with E-state index in [1.54, 1.807) is 0 Å². The van der Waals surface area contributed by atoms with Gasteiger partial charge in [0.15, 0.2) is 5.78 Å². The Morgan fingerprint density at radius 1 is 1.35 bits per heavy atom. The Labute approximate surface area is 105 Å². The maximum atomic E-state index is 13.1. The van der Waals surface area contributed by atoms with E-state index in [1.165, 1.54) is 18.2 Å². The van der Waals surface area contributed by atoms with Crippen LogP contribution in [0.1, 0.15) is 36.0 Å². The molecule has 1 aromatic carbocycles. The van der Waals surface area contributed by atoms with Gasteiger partial charge in [-0.3, -0.25) is 4.79 Å². The number of ketones is 1. The van der Waals surface area contributed by atoms with E-state index < -0.39 is 5.82 Å². The minimum absolute atomic E-state index is 0.123. The first-order valence-electron chi connectivity index (χ1n) is 5.84. The van der Waals surface area contributed by atoms with Crippen molar-refractivity contribution in [3.63, 3.8) is 0 Å². The third kappa shape index (κ3) is 2.67. The average molecular weight is 256 g/mol. The summed E-state index contributed by atoms with van der Waals surface area (Å²) in [5.41, 5.74) is 6.21. The molecule has 0 saturated heterocycles. The van der Waals surface area contributed by atoms with Crippen LogP contribution in [-0.4, -0.2) is 11.8 Å². The van der Waals surface area contributed by atoms with Crippen LogP contribution in [0, 0.1) is 11.7 Å². The quantitative estimate of drug-likeness (QED) is 0.825. The van der Waals surface area contributed by atoms with E-state index in [2.05, 4.69) is 0 Å². The topological polar surface area (TPSA) is 43.1 Å². The lowest BCUT2D eigenvalue weighted by molar-refractivity contribution is 0.0871. The molecule has 1 aliphatic rings. The maximum absolute atomic E-state index is 13.1. The molecule has 0 aromatic heterocycles. The van der Waals surface area contributed by atoms with Crippen molar-refractivity contribution in [3.05, 3.63) is 34.6 Å². The summed E-state index contributed by atoms with van der Waals surface area (Å²) in [5, 5.41) is 0.300. The van der Waals surface area contributed by atoms with Crippen molar-refractivity contribution in [1.82, 2.24) is 0 Å². The maximum Gasteiger partial charge on any atom is 0.169 e. The van der Waals surface area contributed by atoms with Crippen molar-refractivity contribution < 1.29 is 9.18 Å². The van der Waals surface area contributed by atoms with Crippen LogP contribution < -0.4 is 5.73 Å². The van der Waals surface area contributed by atoms with Crippen molar-refractivity contribution in [1.29, 1.82) is 0 Å². The molecule has 92 valence electrons. The zero-order valence-corrected chi connectivity index (χ0v) is 10.2. The lowest BCUT2D eigenvalue weighted by Crippen LogP contribution is -2.38. The number of carbonyl (C=O) groups is 1. The van der Waals surface area contributed by atoms with Crippen LogP contribution in [-0.2, 0) is 0 Å². The molecular formula is C13H15ClFNO. The molecule has 2 N–H and O–H groups in total. The van der Waals surface area contributed by atoms with E-state index >= 15 is 0 Å². The lowest BCUT2D eigenvalue weighted by Gasteiger charge is -2.27. The number of hydrogen-bond donors (Lipinski definition) is 1. The molecule has 0 heterocycles. The van der Waals surface area contributed by atoms with E-state index in [9.17, 15) is 9.18 Å². The minimum atomic E-state index is -0.442. The molecular weight excluding hydrogens is 241 g/mol. The van der Waals surface area contributed by atoms with Gasteiger partial charge in [-0.25, -0.2) is 4.39 Å². The molecule has 17 heavy (non-hydrogen) atoms. The summed E-state index contributed by atoms with van der Waals surface area (Å²) in [6.07, 6.45) is 3.68. The monoisotopic (exact) mass is 255 g/mol. The van der Waals surface area contributed by atoms with Gasteiger partial charge in [-0.2, -0.15) is 0 Å². The smallest absolute Gasteiger partial charge is 0.169 e. The summed E-state index contributed by atoms with van der Waals surface area (Å²) in [4.78, 5) is 12.3. The number of nitrogens with two attached hydrogens (primary N) is 1. The third-order valence-corrected chi connectivity index (χ3v) is 3.68. The molecule has 2 nitrogen and oxygen atoms in total. The van der Waals surface area contributed by atoms with Crippen LogP contribution in [0.4, 0.5) is 4.39 Å². The van der Waals surface area contributed by atoms with Crippen molar-refractivity contribution >= 4 is 17.4 Å². The molecule has 2 atom stereocenters. The van der Waals surface area contributed by atoms with Crippen molar-refractivity contribution in [2.24, 2.45) is 11.7 Å². The number of carbonyl (C=O) groups excluding carboxylic acids is 1. The first-order chi connectivity index (χ1) is 8.09. The van der Waals surface area contributed by atoms with E-state index in [4.69, 9.17) is 17.3 Å². The molecule has 1 saturated carbocycles. The fraction of sp³-hybridized carbons (Fsp3) is 0.462. The third-order valence-electron chi connectivity index (χ3n) is 3.35. The summed E-state index contributed by atoms with van der Waals surface area (Å²) in [7, 11) is 0. The van der Waals surface area contributed by atoms with E-state index in [-0.39, 0.29) is 23.3 Å². The Morgan fingerprint density at radius 3 is 2.76 bits per heavy atom. The highest BCUT2D eigenvalue weighted by molar-refractivity contribution is 6.34. The zero-order chi connectivity index (χ0) is 12.4. The summed E-state index contributed by atoms with van der Waals surface area (Å²) < 4.78 is 13.1. The molecule has 1 aliphatic carbocycles. The van der Waals surface area contributed by atoms with Crippen LogP contribution in [0.2, 0.25) is 5.02 Å². The van der Waals surface area contributed by atoms with E-state index in [0.717, 1.165) is 25.7 Å². The fourth-order valence-electron chi connectivity index (χ4n) is 2.37. The molecule has 0 bridgehead atoms. The highest BCUT2D eigenvalue weighted by Gasteiger charge is 2.30. The Bertz CT molecular complexity index is 435. The Hall–Kier alpha value is -0.930. The number of rotatable bonds is 2. The number of halogens is 2. The van der Waals surface area contributed by atoms with Crippen molar-refractivity contribution in [2.45, 2.75) is 31.7 Å². The molecule has 2 unspecified atom stereocenters. The second-order valence-electron chi connectivity index (χ2n) is 4.54. The van der Waals surface area contributed by atoms with Crippen LogP contribution in [0.5, 0.6) is 0 Å². The molecule has 0 amide bonds. The van der Waals surface area contributed by atoms with Gasteiger partial charge in [0, 0.05) is 17.5 Å². The number of benzene rings is 1. The van der Waals surface area contributed by atoms with E-state index in [1.807, 2.05) is 0 Å². The van der Waals surface area contributed by atoms with Gasteiger partial charge in [0.2, 0.25) is 0 Å². The van der Waals surface area contributed by atoms with Gasteiger partial charge in [0.25, 0.3) is 0 Å². The predicted octanol–water partition coefficient (Wildman–Crippen LogP) is 3.18. The fourth-order valence-corrected chi connectivity index (χ4v) is 2.58. The predicted molar refractivity (Wildman–Crippen MR) is 65.7 cm³/mol. The van der Waals surface area contributed by atoms with Gasteiger partial charge >= 0.3 is 0 Å². The van der Waals surface area contributed by atoms with Crippen LogP contribution >= 0.6 is 11.6 Å². The highest BCUT2D eigenvalue weighted by Crippen LogP contribution is 2.29. The number of hydrogen-bond acceptors (Lipinski definition) is 2. The standard InChI is InChI=1S/C13H15ClFNO/c14-11-6-5-8(15)7-10(11)13(17)9-3-1-2-4-12(9)16/h5-7,9,12H,1-4,16H2. The highest BCUT2D eigenvalue weighted by atomic mass is 35.5. The minimum Gasteiger partial charge on any atom is -0.327 e. The largest absolute Gasteiger partial charge is 0.327 e. The second-order valence-corrected chi connectivity index (χ2v) is 4.95. The Balaban J connectivity index is 2.26. The first kappa shape index (κ1) is 12.5. The molecule has 1 aromatic rings. The van der Waals surface area contributed by atoms with Crippen LogP contribution in [0.3, 0.4) is 0 Å². The van der Waals surface area contributed by atoms with Gasteiger partial charge in [-0.05, 0) is 31.0 Å². The van der Waals surface area contributed by atoms with Crippen LogP contribution in [0.25, 0.3) is 0 Å². The molecule has 2 rings (SSSR count). The molecule has 1 fully saturated rings. The van der Waals surface area contributed by atoms with Gasteiger partial charge in [0.05, 0.1) is 5.02 Å². The number of Topliss-reactive ketones (excluding diaryl/α,β-unsaturated/α-hetero) is 1. The van der Waals surface area contributed by atoms with Gasteiger partial charge in [-0.1, -0.05) is 24.4 Å². The van der Waals surface area contributed by atoms with Gasteiger partial charge in [-0.15, -0.1) is 0 Å². The van der Waals surface area contributed by atoms with Crippen LogP contribution in [0.15, 0.2) is 18.2 Å². The normalized spacial score (nSPS) is 24.6. The summed E-state index contributed by atoms with van der Waals surface area (Å²) >= 11 is 5.93. The Morgan fingerprint density at radius 2 is 2.06 bits per heavy atom. The van der Waals surface area contributed by atoms with Crippen molar-refractivity contribution in [3.8, 4) is 0 Å². The molecule has 0 aliphatic heterocycles.